The highest BCUT2D eigenvalue weighted by atomic mass is 16.2. The Bertz CT molecular complexity index is 802. The molecule has 0 aromatic heterocycles. The van der Waals surface area contributed by atoms with Crippen molar-refractivity contribution in [1.29, 1.82) is 0 Å². The van der Waals surface area contributed by atoms with E-state index in [1.165, 1.54) is 0 Å². The van der Waals surface area contributed by atoms with E-state index in [0.717, 1.165) is 33.6 Å². The van der Waals surface area contributed by atoms with E-state index < -0.39 is 5.41 Å². The van der Waals surface area contributed by atoms with E-state index in [1.807, 2.05) is 64.1 Å². The number of carbonyl (C=O) groups excluding carboxylic acids is 2. The molecule has 0 radical (unpaired) electrons. The molecule has 2 rings (SSSR count). The molecule has 25 heavy (non-hydrogen) atoms. The standard InChI is InChI=1S/C21H26N2O2/c1-13-9-8-12-17(16(13)4)22-19(24)21(5,6)20(25)23-18-14(2)10-7-11-15(18)3/h7-12H,1-6H3,(H,22,24)(H,23,25). The van der Waals surface area contributed by atoms with Gasteiger partial charge in [-0.1, -0.05) is 30.3 Å². The number of benzene rings is 2. The summed E-state index contributed by atoms with van der Waals surface area (Å²) in [4.78, 5) is 25.5. The largest absolute Gasteiger partial charge is 0.325 e. The fourth-order valence-corrected chi connectivity index (χ4v) is 2.55. The lowest BCUT2D eigenvalue weighted by Gasteiger charge is -2.24. The van der Waals surface area contributed by atoms with E-state index in [-0.39, 0.29) is 11.8 Å². The van der Waals surface area contributed by atoms with E-state index in [0.29, 0.717) is 0 Å². The number of rotatable bonds is 4. The Morgan fingerprint density at radius 2 is 1.24 bits per heavy atom. The van der Waals surface area contributed by atoms with Crippen LogP contribution in [0.3, 0.4) is 0 Å². The van der Waals surface area contributed by atoms with Crippen molar-refractivity contribution in [1.82, 2.24) is 0 Å². The molecule has 0 aliphatic carbocycles. The molecule has 0 saturated heterocycles. The fourth-order valence-electron chi connectivity index (χ4n) is 2.55. The van der Waals surface area contributed by atoms with Gasteiger partial charge in [0.05, 0.1) is 0 Å². The van der Waals surface area contributed by atoms with Crippen molar-refractivity contribution in [2.24, 2.45) is 5.41 Å². The topological polar surface area (TPSA) is 58.2 Å². The lowest BCUT2D eigenvalue weighted by molar-refractivity contribution is -0.135. The highest BCUT2D eigenvalue weighted by molar-refractivity contribution is 6.14. The average Bonchev–Trinajstić information content (AvgIpc) is 2.55. The first-order valence-corrected chi connectivity index (χ1v) is 8.40. The van der Waals surface area contributed by atoms with Crippen LogP contribution in [-0.2, 0) is 9.59 Å². The summed E-state index contributed by atoms with van der Waals surface area (Å²) in [6.07, 6.45) is 0. The summed E-state index contributed by atoms with van der Waals surface area (Å²) < 4.78 is 0. The van der Waals surface area contributed by atoms with E-state index in [2.05, 4.69) is 10.6 Å². The predicted molar refractivity (Wildman–Crippen MR) is 103 cm³/mol. The van der Waals surface area contributed by atoms with Crippen LogP contribution in [0.15, 0.2) is 36.4 Å². The first-order valence-electron chi connectivity index (χ1n) is 8.40. The number of nitrogens with one attached hydrogen (secondary N) is 2. The second-order valence-corrected chi connectivity index (χ2v) is 7.05. The van der Waals surface area contributed by atoms with Gasteiger partial charge in [0.1, 0.15) is 5.41 Å². The first kappa shape index (κ1) is 18.7. The van der Waals surface area contributed by atoms with Crippen LogP contribution < -0.4 is 10.6 Å². The lowest BCUT2D eigenvalue weighted by Crippen LogP contribution is -2.42. The van der Waals surface area contributed by atoms with Crippen molar-refractivity contribution < 1.29 is 9.59 Å². The molecule has 2 aromatic carbocycles. The fraction of sp³-hybridized carbons (Fsp3) is 0.333. The van der Waals surface area contributed by atoms with Crippen LogP contribution in [0.5, 0.6) is 0 Å². The van der Waals surface area contributed by atoms with Gasteiger partial charge >= 0.3 is 0 Å². The van der Waals surface area contributed by atoms with Crippen LogP contribution in [0, 0.1) is 33.1 Å². The van der Waals surface area contributed by atoms with Gasteiger partial charge in [-0.05, 0) is 69.9 Å². The van der Waals surface area contributed by atoms with E-state index in [9.17, 15) is 9.59 Å². The number of hydrogen-bond acceptors (Lipinski definition) is 2. The van der Waals surface area contributed by atoms with Gasteiger partial charge in [-0.25, -0.2) is 0 Å². The van der Waals surface area contributed by atoms with Gasteiger partial charge in [-0.3, -0.25) is 9.59 Å². The molecule has 0 unspecified atom stereocenters. The minimum atomic E-state index is -1.20. The Morgan fingerprint density at radius 3 is 1.84 bits per heavy atom. The van der Waals surface area contributed by atoms with Gasteiger partial charge in [0.2, 0.25) is 11.8 Å². The zero-order chi connectivity index (χ0) is 18.8. The highest BCUT2D eigenvalue weighted by Crippen LogP contribution is 2.26. The molecule has 0 spiro atoms. The van der Waals surface area contributed by atoms with Gasteiger partial charge in [-0.15, -0.1) is 0 Å². The summed E-state index contributed by atoms with van der Waals surface area (Å²) in [7, 11) is 0. The van der Waals surface area contributed by atoms with Crippen molar-refractivity contribution in [2.45, 2.75) is 41.5 Å². The molecule has 4 nitrogen and oxygen atoms in total. The molecule has 0 aliphatic heterocycles. The molecule has 0 bridgehead atoms. The molecule has 0 heterocycles. The zero-order valence-corrected chi connectivity index (χ0v) is 15.8. The van der Waals surface area contributed by atoms with Crippen molar-refractivity contribution >= 4 is 23.2 Å². The Kier molecular flexibility index (Phi) is 5.31. The van der Waals surface area contributed by atoms with Crippen molar-refractivity contribution in [3.05, 3.63) is 58.7 Å². The molecule has 132 valence electrons. The quantitative estimate of drug-likeness (QED) is 0.805. The van der Waals surface area contributed by atoms with E-state index in [4.69, 9.17) is 0 Å². The van der Waals surface area contributed by atoms with E-state index >= 15 is 0 Å². The van der Waals surface area contributed by atoms with Gasteiger partial charge in [0.15, 0.2) is 0 Å². The van der Waals surface area contributed by atoms with Crippen LogP contribution in [0.2, 0.25) is 0 Å². The van der Waals surface area contributed by atoms with Crippen molar-refractivity contribution in [2.75, 3.05) is 10.6 Å². The summed E-state index contributed by atoms with van der Waals surface area (Å²) in [5, 5.41) is 5.80. The van der Waals surface area contributed by atoms with Crippen LogP contribution in [0.4, 0.5) is 11.4 Å². The summed E-state index contributed by atoms with van der Waals surface area (Å²) in [5.41, 5.74) is 4.33. The summed E-state index contributed by atoms with van der Waals surface area (Å²) in [6.45, 7) is 11.1. The van der Waals surface area contributed by atoms with Crippen molar-refractivity contribution in [3.8, 4) is 0 Å². The molecule has 2 N–H and O–H groups in total. The second kappa shape index (κ2) is 7.09. The number of carbonyl (C=O) groups is 2. The maximum absolute atomic E-state index is 12.8. The average molecular weight is 338 g/mol. The maximum Gasteiger partial charge on any atom is 0.239 e. The minimum Gasteiger partial charge on any atom is -0.325 e. The third-order valence-corrected chi connectivity index (χ3v) is 4.71. The summed E-state index contributed by atoms with van der Waals surface area (Å²) >= 11 is 0. The predicted octanol–water partition coefficient (Wildman–Crippen LogP) is 4.52. The number of para-hydroxylation sites is 1. The number of amides is 2. The molecular weight excluding hydrogens is 312 g/mol. The molecule has 0 saturated carbocycles. The minimum absolute atomic E-state index is 0.326. The SMILES string of the molecule is Cc1cccc(NC(=O)C(C)(C)C(=O)Nc2c(C)cccc2C)c1C. The number of anilines is 2. The maximum atomic E-state index is 12.8. The molecule has 2 aromatic rings. The van der Waals surface area contributed by atoms with Gasteiger partial charge < -0.3 is 10.6 Å². The van der Waals surface area contributed by atoms with Gasteiger partial charge in [0, 0.05) is 11.4 Å². The highest BCUT2D eigenvalue weighted by Gasteiger charge is 2.36. The molecular formula is C21H26N2O2. The summed E-state index contributed by atoms with van der Waals surface area (Å²) in [6, 6.07) is 11.5. The van der Waals surface area contributed by atoms with Crippen LogP contribution in [0.1, 0.15) is 36.1 Å². The molecule has 0 atom stereocenters. The first-order chi connectivity index (χ1) is 11.6. The van der Waals surface area contributed by atoms with Crippen LogP contribution in [-0.4, -0.2) is 11.8 Å². The van der Waals surface area contributed by atoms with Gasteiger partial charge in [0.25, 0.3) is 0 Å². The molecule has 0 fully saturated rings. The Hall–Kier alpha value is -2.62. The van der Waals surface area contributed by atoms with Gasteiger partial charge in [-0.2, -0.15) is 0 Å². The Labute approximate surface area is 149 Å². The third kappa shape index (κ3) is 3.90. The zero-order valence-electron chi connectivity index (χ0n) is 15.8. The second-order valence-electron chi connectivity index (χ2n) is 7.05. The third-order valence-electron chi connectivity index (χ3n) is 4.71. The number of aryl methyl sites for hydroxylation is 3. The number of hydrogen-bond donors (Lipinski definition) is 2. The monoisotopic (exact) mass is 338 g/mol. The molecule has 4 heteroatoms. The Balaban J connectivity index is 2.20. The normalized spacial score (nSPS) is 11.1. The Morgan fingerprint density at radius 1 is 0.760 bits per heavy atom. The smallest absolute Gasteiger partial charge is 0.239 e. The van der Waals surface area contributed by atoms with E-state index in [1.54, 1.807) is 13.8 Å². The van der Waals surface area contributed by atoms with Crippen LogP contribution >= 0.6 is 0 Å². The summed E-state index contributed by atoms with van der Waals surface area (Å²) in [5.74, 6) is -0.655. The van der Waals surface area contributed by atoms with Crippen molar-refractivity contribution in [3.63, 3.8) is 0 Å². The van der Waals surface area contributed by atoms with Crippen LogP contribution in [0.25, 0.3) is 0 Å². The molecule has 2 amide bonds. The molecule has 0 aliphatic rings. The lowest BCUT2D eigenvalue weighted by atomic mass is 9.90.